The van der Waals surface area contributed by atoms with Gasteiger partial charge >= 0.3 is 0 Å². The van der Waals surface area contributed by atoms with Gasteiger partial charge in [-0.3, -0.25) is 19.4 Å². The number of hydrazone groups is 1. The van der Waals surface area contributed by atoms with Crippen molar-refractivity contribution in [2.24, 2.45) is 10.5 Å². The fourth-order valence-electron chi connectivity index (χ4n) is 6.59. The fraction of sp³-hybridized carbons (Fsp3) is 0.125. The molecule has 0 saturated carbocycles. The molecular weight excluding hydrogens is 540 g/mol. The Morgan fingerprint density at radius 2 is 1.37 bits per heavy atom. The minimum atomic E-state index is -1.56. The highest BCUT2D eigenvalue weighted by Gasteiger charge is 2.72. The van der Waals surface area contributed by atoms with Gasteiger partial charge in [-0.2, -0.15) is 5.10 Å². The summed E-state index contributed by atoms with van der Waals surface area (Å²) in [6.07, 6.45) is 1.73. The second-order valence-electron chi connectivity index (χ2n) is 9.93. The molecule has 0 N–H and O–H groups in total. The van der Waals surface area contributed by atoms with Crippen molar-refractivity contribution in [3.05, 3.63) is 141 Å². The first-order valence-electron chi connectivity index (χ1n) is 12.5. The number of rotatable bonds is 3. The molecule has 4 aromatic carbocycles. The van der Waals surface area contributed by atoms with Crippen LogP contribution in [0.1, 0.15) is 59.7 Å². The van der Waals surface area contributed by atoms with Crippen molar-refractivity contribution in [3.63, 3.8) is 0 Å². The van der Waals surface area contributed by atoms with Crippen LogP contribution in [-0.2, 0) is 0 Å². The van der Waals surface area contributed by atoms with Crippen molar-refractivity contribution in [2.75, 3.05) is 0 Å². The summed E-state index contributed by atoms with van der Waals surface area (Å²) in [6, 6.07) is 29.7. The summed E-state index contributed by atoms with van der Waals surface area (Å²) in [5.74, 6) is -1.44. The smallest absolute Gasteiger partial charge is 0.187 e. The minimum Gasteiger partial charge on any atom is -0.293 e. The van der Waals surface area contributed by atoms with Crippen LogP contribution < -0.4 is 0 Å². The van der Waals surface area contributed by atoms with Crippen molar-refractivity contribution in [3.8, 4) is 0 Å². The molecule has 1 saturated heterocycles. The molecule has 6 heteroatoms. The molecule has 1 aliphatic carbocycles. The largest absolute Gasteiger partial charge is 0.293 e. The van der Waals surface area contributed by atoms with Gasteiger partial charge in [0.25, 0.3) is 0 Å². The van der Waals surface area contributed by atoms with Crippen LogP contribution in [0, 0.1) is 5.41 Å². The maximum atomic E-state index is 14.6. The molecule has 0 unspecified atom stereocenters. The summed E-state index contributed by atoms with van der Waals surface area (Å²) < 4.78 is 0.868. The zero-order chi connectivity index (χ0) is 26.0. The predicted molar refractivity (Wildman–Crippen MR) is 148 cm³/mol. The molecule has 3 aliphatic rings. The summed E-state index contributed by atoms with van der Waals surface area (Å²) in [5.41, 5.74) is 2.17. The molecule has 38 heavy (non-hydrogen) atoms. The van der Waals surface area contributed by atoms with Crippen LogP contribution in [0.2, 0.25) is 0 Å². The zero-order valence-corrected chi connectivity index (χ0v) is 21.7. The van der Waals surface area contributed by atoms with Crippen molar-refractivity contribution >= 4 is 39.5 Å². The molecule has 0 aromatic heterocycles. The Labute approximate surface area is 227 Å². The van der Waals surface area contributed by atoms with Gasteiger partial charge in [0.05, 0.1) is 12.3 Å². The average molecular weight is 561 g/mol. The van der Waals surface area contributed by atoms with E-state index in [1.807, 2.05) is 66.7 Å². The molecule has 0 radical (unpaired) electrons. The van der Waals surface area contributed by atoms with Crippen LogP contribution in [0.5, 0.6) is 0 Å². The van der Waals surface area contributed by atoms with Gasteiger partial charge in [0.2, 0.25) is 0 Å². The lowest BCUT2D eigenvalue weighted by atomic mass is 9.63. The first-order chi connectivity index (χ1) is 18.5. The first kappa shape index (κ1) is 23.0. The van der Waals surface area contributed by atoms with E-state index in [0.717, 1.165) is 21.2 Å². The van der Waals surface area contributed by atoms with E-state index in [4.69, 9.17) is 5.10 Å². The third kappa shape index (κ3) is 2.98. The van der Waals surface area contributed by atoms with Crippen LogP contribution in [0.3, 0.4) is 0 Å². The molecule has 184 valence electrons. The van der Waals surface area contributed by atoms with Crippen LogP contribution >= 0.6 is 15.9 Å². The summed E-state index contributed by atoms with van der Waals surface area (Å²) in [6.45, 7) is 0. The summed E-state index contributed by atoms with van der Waals surface area (Å²) in [7, 11) is 0. The number of fused-ring (bicyclic) bond motifs is 5. The Balaban J connectivity index is 1.56. The van der Waals surface area contributed by atoms with E-state index in [0.29, 0.717) is 16.7 Å². The third-order valence-corrected chi connectivity index (χ3v) is 8.66. The second-order valence-corrected chi connectivity index (χ2v) is 10.8. The lowest BCUT2D eigenvalue weighted by Gasteiger charge is -2.36. The van der Waals surface area contributed by atoms with Crippen LogP contribution in [0.15, 0.2) is 113 Å². The quantitative estimate of drug-likeness (QED) is 0.219. The molecule has 2 aliphatic heterocycles. The van der Waals surface area contributed by atoms with E-state index in [1.165, 1.54) is 0 Å². The number of Topliss-reactive ketones (excluding diaryl/α,β-unsaturated/α-hetero) is 3. The lowest BCUT2D eigenvalue weighted by molar-refractivity contribution is 0.0586. The topological polar surface area (TPSA) is 66.8 Å². The van der Waals surface area contributed by atoms with Gasteiger partial charge in [0.15, 0.2) is 17.3 Å². The predicted octanol–water partition coefficient (Wildman–Crippen LogP) is 6.25. The van der Waals surface area contributed by atoms with Crippen molar-refractivity contribution < 1.29 is 14.4 Å². The SMILES string of the molecule is O=C(c1ccccc1)[C@H]1[C@@H](c2ccc(Br)cc2)C2(C(=O)c3ccccc3C2=O)[C@H]2c3ccccc3C=NN12. The normalized spacial score (nSPS) is 22.3. The maximum absolute atomic E-state index is 14.6. The molecule has 7 rings (SSSR count). The Bertz CT molecular complexity index is 1630. The van der Waals surface area contributed by atoms with Gasteiger partial charge < -0.3 is 0 Å². The van der Waals surface area contributed by atoms with Crippen LogP contribution in [0.4, 0.5) is 0 Å². The molecule has 0 amide bonds. The fourth-order valence-corrected chi connectivity index (χ4v) is 6.86. The molecule has 3 atom stereocenters. The number of halogens is 1. The molecule has 5 nitrogen and oxygen atoms in total. The number of nitrogens with zero attached hydrogens (tertiary/aromatic N) is 2. The highest BCUT2D eigenvalue weighted by molar-refractivity contribution is 9.10. The first-order valence-corrected chi connectivity index (χ1v) is 13.3. The Morgan fingerprint density at radius 3 is 2.05 bits per heavy atom. The molecule has 0 bridgehead atoms. The van der Waals surface area contributed by atoms with Gasteiger partial charge in [-0.05, 0) is 28.8 Å². The molecule has 1 spiro atoms. The molecule has 4 aromatic rings. The van der Waals surface area contributed by atoms with E-state index in [9.17, 15) is 14.4 Å². The summed E-state index contributed by atoms with van der Waals surface area (Å²) in [5, 5.41) is 6.51. The molecular formula is C32H21BrN2O3. The highest BCUT2D eigenvalue weighted by atomic mass is 79.9. The lowest BCUT2D eigenvalue weighted by Crippen LogP contribution is -2.43. The van der Waals surface area contributed by atoms with Crippen molar-refractivity contribution in [1.82, 2.24) is 5.01 Å². The maximum Gasteiger partial charge on any atom is 0.187 e. The number of benzene rings is 4. The van der Waals surface area contributed by atoms with Crippen LogP contribution in [0.25, 0.3) is 0 Å². The zero-order valence-electron chi connectivity index (χ0n) is 20.1. The van der Waals surface area contributed by atoms with Gasteiger partial charge in [-0.25, -0.2) is 0 Å². The second kappa shape index (κ2) is 8.43. The van der Waals surface area contributed by atoms with Gasteiger partial charge in [-0.15, -0.1) is 0 Å². The average Bonchev–Trinajstić information content (AvgIpc) is 3.40. The van der Waals surface area contributed by atoms with Gasteiger partial charge in [0, 0.05) is 27.1 Å². The van der Waals surface area contributed by atoms with E-state index >= 15 is 0 Å². The third-order valence-electron chi connectivity index (χ3n) is 8.13. The van der Waals surface area contributed by atoms with Gasteiger partial charge in [0.1, 0.15) is 11.5 Å². The summed E-state index contributed by atoms with van der Waals surface area (Å²) >= 11 is 3.50. The Morgan fingerprint density at radius 1 is 0.763 bits per heavy atom. The van der Waals surface area contributed by atoms with Crippen molar-refractivity contribution in [2.45, 2.75) is 18.0 Å². The number of carbonyl (C=O) groups excluding carboxylic acids is 3. The summed E-state index contributed by atoms with van der Waals surface area (Å²) in [4.78, 5) is 43.6. The molecule has 2 heterocycles. The van der Waals surface area contributed by atoms with Gasteiger partial charge in [-0.1, -0.05) is 107 Å². The van der Waals surface area contributed by atoms with E-state index in [1.54, 1.807) is 47.6 Å². The molecule has 1 fully saturated rings. The monoisotopic (exact) mass is 560 g/mol. The number of ketones is 3. The number of hydrogen-bond acceptors (Lipinski definition) is 5. The number of carbonyl (C=O) groups is 3. The number of hydrogen-bond donors (Lipinski definition) is 0. The standard InChI is InChI=1S/C32H21BrN2O3/c33-22-16-14-19(15-17-22)26-27(28(36)20-8-2-1-3-9-20)35-29(23-11-5-4-10-21(23)18-34-35)32(26)30(37)24-12-6-7-13-25(24)31(32)38/h1-18,26-27,29H/t26-,27-,29-/m1/s1. The highest BCUT2D eigenvalue weighted by Crippen LogP contribution is 2.64. The van der Waals surface area contributed by atoms with Crippen LogP contribution in [-0.4, -0.2) is 34.6 Å². The Hall–Kier alpha value is -4.16. The van der Waals surface area contributed by atoms with Crippen molar-refractivity contribution in [1.29, 1.82) is 0 Å². The minimum absolute atomic E-state index is 0.173. The Kier molecular flexibility index (Phi) is 5.10. The van der Waals surface area contributed by atoms with E-state index < -0.39 is 23.4 Å². The van der Waals surface area contributed by atoms with E-state index in [2.05, 4.69) is 15.9 Å². The van der Waals surface area contributed by atoms with E-state index in [-0.39, 0.29) is 17.3 Å².